The molecule has 0 fully saturated rings. The lowest BCUT2D eigenvalue weighted by Gasteiger charge is -2.13. The van der Waals surface area contributed by atoms with Crippen molar-refractivity contribution in [3.8, 4) is 5.75 Å². The van der Waals surface area contributed by atoms with E-state index in [-0.39, 0.29) is 0 Å². The van der Waals surface area contributed by atoms with E-state index >= 15 is 0 Å². The van der Waals surface area contributed by atoms with Gasteiger partial charge < -0.3 is 22.3 Å². The average molecular weight is 265 g/mol. The van der Waals surface area contributed by atoms with Crippen LogP contribution in [0.2, 0.25) is 0 Å². The highest BCUT2D eigenvalue weighted by Gasteiger charge is 2.09. The van der Waals surface area contributed by atoms with Gasteiger partial charge in [0.2, 0.25) is 0 Å². The molecule has 19 heavy (non-hydrogen) atoms. The van der Waals surface area contributed by atoms with E-state index in [2.05, 4.69) is 12.1 Å². The van der Waals surface area contributed by atoms with Crippen LogP contribution in [0.5, 0.6) is 5.75 Å². The van der Waals surface area contributed by atoms with Gasteiger partial charge in [0.15, 0.2) is 0 Å². The van der Waals surface area contributed by atoms with Crippen molar-refractivity contribution in [2.24, 2.45) is 17.2 Å². The molecule has 0 unspecified atom stereocenters. The Bertz CT molecular complexity index is 351. The summed E-state index contributed by atoms with van der Waals surface area (Å²) < 4.78 is 0. The summed E-state index contributed by atoms with van der Waals surface area (Å²) in [5.74, 6) is 0.429. The maximum Gasteiger partial charge on any atom is 0.121 e. The molecule has 0 amide bonds. The summed E-state index contributed by atoms with van der Waals surface area (Å²) in [7, 11) is 0. The smallest absolute Gasteiger partial charge is 0.121 e. The Labute approximate surface area is 116 Å². The van der Waals surface area contributed by atoms with Crippen molar-refractivity contribution < 1.29 is 5.11 Å². The van der Waals surface area contributed by atoms with Crippen molar-refractivity contribution in [2.45, 2.75) is 38.5 Å². The molecule has 7 N–H and O–H groups in total. The second kappa shape index (κ2) is 8.91. The molecule has 0 aliphatic heterocycles. The summed E-state index contributed by atoms with van der Waals surface area (Å²) in [6, 6.07) is 4.18. The minimum atomic E-state index is 0.429. The normalized spacial score (nSPS) is 10.9. The average Bonchev–Trinajstić information content (AvgIpc) is 2.43. The fraction of sp³-hybridized carbons (Fsp3) is 0.600. The van der Waals surface area contributed by atoms with Gasteiger partial charge in [0.1, 0.15) is 5.75 Å². The van der Waals surface area contributed by atoms with Crippen LogP contribution in [0.25, 0.3) is 0 Å². The Hall–Kier alpha value is -1.10. The van der Waals surface area contributed by atoms with E-state index in [0.717, 1.165) is 49.7 Å². The highest BCUT2D eigenvalue weighted by molar-refractivity contribution is 5.44. The Morgan fingerprint density at radius 2 is 1.16 bits per heavy atom. The molecular formula is C15H27N3O. The molecule has 0 atom stereocenters. The number of nitrogens with two attached hydrogens (primary N) is 3. The quantitative estimate of drug-likeness (QED) is 0.536. The van der Waals surface area contributed by atoms with E-state index in [0.29, 0.717) is 25.4 Å². The first-order chi connectivity index (χ1) is 9.22. The third-order valence-electron chi connectivity index (χ3n) is 3.30. The Morgan fingerprint density at radius 1 is 0.737 bits per heavy atom. The summed E-state index contributed by atoms with van der Waals surface area (Å²) in [6.07, 6.45) is 5.37. The Morgan fingerprint density at radius 3 is 1.58 bits per heavy atom. The molecule has 4 heteroatoms. The van der Waals surface area contributed by atoms with Crippen molar-refractivity contribution in [1.82, 2.24) is 0 Å². The molecule has 0 aliphatic rings. The number of phenolic OH excluding ortho intramolecular Hbond substituents is 1. The lowest BCUT2D eigenvalue weighted by atomic mass is 9.96. The minimum Gasteiger partial charge on any atom is -0.507 e. The molecule has 0 bridgehead atoms. The van der Waals surface area contributed by atoms with Crippen LogP contribution in [-0.4, -0.2) is 24.7 Å². The zero-order valence-electron chi connectivity index (χ0n) is 11.7. The molecule has 108 valence electrons. The fourth-order valence-electron chi connectivity index (χ4n) is 2.25. The zero-order chi connectivity index (χ0) is 14.1. The van der Waals surface area contributed by atoms with E-state index in [1.54, 1.807) is 0 Å². The first kappa shape index (κ1) is 16.0. The number of phenols is 1. The topological polar surface area (TPSA) is 98.3 Å². The standard InChI is InChI=1S/C15H27N3O/c16-7-1-4-12-10-13(5-2-8-17)15(19)14(11-12)6-3-9-18/h10-11,19H,1-9,16-18H2. The monoisotopic (exact) mass is 265 g/mol. The van der Waals surface area contributed by atoms with Crippen molar-refractivity contribution in [2.75, 3.05) is 19.6 Å². The van der Waals surface area contributed by atoms with Gasteiger partial charge in [-0.3, -0.25) is 0 Å². The third-order valence-corrected chi connectivity index (χ3v) is 3.30. The number of aromatic hydroxyl groups is 1. The molecule has 0 saturated carbocycles. The lowest BCUT2D eigenvalue weighted by Crippen LogP contribution is -2.05. The van der Waals surface area contributed by atoms with Crippen LogP contribution in [0.3, 0.4) is 0 Å². The van der Waals surface area contributed by atoms with Crippen LogP contribution in [0.4, 0.5) is 0 Å². The summed E-state index contributed by atoms with van der Waals surface area (Å²) in [6.45, 7) is 1.98. The lowest BCUT2D eigenvalue weighted by molar-refractivity contribution is 0.459. The van der Waals surface area contributed by atoms with Crippen molar-refractivity contribution >= 4 is 0 Å². The van der Waals surface area contributed by atoms with E-state index in [9.17, 15) is 5.11 Å². The maximum absolute atomic E-state index is 10.3. The van der Waals surface area contributed by atoms with E-state index in [1.807, 2.05) is 0 Å². The first-order valence-electron chi connectivity index (χ1n) is 7.16. The van der Waals surface area contributed by atoms with E-state index < -0.39 is 0 Å². The summed E-state index contributed by atoms with van der Waals surface area (Å²) in [5.41, 5.74) is 19.9. The first-order valence-corrected chi connectivity index (χ1v) is 7.16. The minimum absolute atomic E-state index is 0.429. The third kappa shape index (κ3) is 5.19. The molecule has 0 radical (unpaired) electrons. The molecule has 1 rings (SSSR count). The molecule has 0 saturated heterocycles. The number of rotatable bonds is 9. The van der Waals surface area contributed by atoms with Gasteiger partial charge in [-0.2, -0.15) is 0 Å². The van der Waals surface area contributed by atoms with Crippen LogP contribution in [0.1, 0.15) is 36.0 Å². The molecule has 1 aromatic carbocycles. The molecule has 0 spiro atoms. The van der Waals surface area contributed by atoms with Crippen LogP contribution in [0.15, 0.2) is 12.1 Å². The molecule has 1 aromatic rings. The highest BCUT2D eigenvalue weighted by Crippen LogP contribution is 2.27. The summed E-state index contributed by atoms with van der Waals surface area (Å²) in [5, 5.41) is 10.3. The zero-order valence-corrected chi connectivity index (χ0v) is 11.7. The SMILES string of the molecule is NCCCc1cc(CCCN)c(O)c(CCCN)c1. The second-order valence-electron chi connectivity index (χ2n) is 4.94. The number of benzene rings is 1. The molecule has 0 aromatic heterocycles. The van der Waals surface area contributed by atoms with Crippen LogP contribution >= 0.6 is 0 Å². The Kier molecular flexibility index (Phi) is 7.48. The maximum atomic E-state index is 10.3. The van der Waals surface area contributed by atoms with Gasteiger partial charge in [0.05, 0.1) is 0 Å². The second-order valence-corrected chi connectivity index (χ2v) is 4.94. The molecule has 4 nitrogen and oxygen atoms in total. The number of hydrogen-bond acceptors (Lipinski definition) is 4. The summed E-state index contributed by atoms with van der Waals surface area (Å²) >= 11 is 0. The number of hydrogen-bond donors (Lipinski definition) is 4. The molecule has 0 aliphatic carbocycles. The molecular weight excluding hydrogens is 238 g/mol. The van der Waals surface area contributed by atoms with E-state index in [4.69, 9.17) is 17.2 Å². The van der Waals surface area contributed by atoms with Crippen molar-refractivity contribution in [3.63, 3.8) is 0 Å². The highest BCUT2D eigenvalue weighted by atomic mass is 16.3. The van der Waals surface area contributed by atoms with Gasteiger partial charge in [-0.05, 0) is 74.8 Å². The number of aryl methyl sites for hydroxylation is 3. The van der Waals surface area contributed by atoms with Crippen LogP contribution < -0.4 is 17.2 Å². The molecule has 0 heterocycles. The predicted octanol–water partition coefficient (Wildman–Crippen LogP) is 1.07. The van der Waals surface area contributed by atoms with Crippen LogP contribution in [-0.2, 0) is 19.3 Å². The van der Waals surface area contributed by atoms with Gasteiger partial charge in [0, 0.05) is 0 Å². The van der Waals surface area contributed by atoms with Gasteiger partial charge in [-0.25, -0.2) is 0 Å². The van der Waals surface area contributed by atoms with Crippen molar-refractivity contribution in [3.05, 3.63) is 28.8 Å². The van der Waals surface area contributed by atoms with Crippen LogP contribution in [0, 0.1) is 0 Å². The van der Waals surface area contributed by atoms with E-state index in [1.165, 1.54) is 5.56 Å². The largest absolute Gasteiger partial charge is 0.507 e. The van der Waals surface area contributed by atoms with Crippen molar-refractivity contribution in [1.29, 1.82) is 0 Å². The van der Waals surface area contributed by atoms with Gasteiger partial charge in [-0.15, -0.1) is 0 Å². The Balaban J connectivity index is 2.92. The predicted molar refractivity (Wildman–Crippen MR) is 80.2 cm³/mol. The van der Waals surface area contributed by atoms with Gasteiger partial charge in [0.25, 0.3) is 0 Å². The van der Waals surface area contributed by atoms with Gasteiger partial charge >= 0.3 is 0 Å². The fourth-order valence-corrected chi connectivity index (χ4v) is 2.25. The summed E-state index contributed by atoms with van der Waals surface area (Å²) in [4.78, 5) is 0. The van der Waals surface area contributed by atoms with Gasteiger partial charge in [-0.1, -0.05) is 12.1 Å².